The summed E-state index contributed by atoms with van der Waals surface area (Å²) in [5.74, 6) is 0.761. The Hall–Kier alpha value is -3.30. The predicted molar refractivity (Wildman–Crippen MR) is 100 cm³/mol. The molecule has 0 bridgehead atoms. The summed E-state index contributed by atoms with van der Waals surface area (Å²) in [4.78, 5) is 20.7. The van der Waals surface area contributed by atoms with Crippen LogP contribution in [0.2, 0.25) is 0 Å². The topological polar surface area (TPSA) is 90.6 Å². The van der Waals surface area contributed by atoms with Gasteiger partial charge in [0.25, 0.3) is 5.78 Å². The van der Waals surface area contributed by atoms with E-state index >= 15 is 0 Å². The third-order valence-electron chi connectivity index (χ3n) is 4.16. The van der Waals surface area contributed by atoms with Crippen molar-refractivity contribution in [1.29, 1.82) is 0 Å². The number of methoxy groups -OCH3 is 1. The van der Waals surface area contributed by atoms with E-state index in [-0.39, 0.29) is 23.8 Å². The van der Waals surface area contributed by atoms with Crippen molar-refractivity contribution in [2.75, 3.05) is 13.7 Å². The minimum atomic E-state index is -2.95. The second kappa shape index (κ2) is 8.80. The van der Waals surface area contributed by atoms with E-state index in [0.717, 1.165) is 17.0 Å². The van der Waals surface area contributed by atoms with Gasteiger partial charge in [-0.2, -0.15) is 13.8 Å². The molecule has 8 nitrogen and oxygen atoms in total. The zero-order chi connectivity index (χ0) is 21.0. The monoisotopic (exact) mass is 405 g/mol. The molecule has 0 aliphatic rings. The molecule has 3 aromatic rings. The summed E-state index contributed by atoms with van der Waals surface area (Å²) in [5, 5.41) is 7.07. The predicted octanol–water partition coefficient (Wildman–Crippen LogP) is 2.25. The van der Waals surface area contributed by atoms with Crippen molar-refractivity contribution in [2.45, 2.75) is 33.3 Å². The molecule has 0 aliphatic heterocycles. The van der Waals surface area contributed by atoms with Gasteiger partial charge in [-0.05, 0) is 44.0 Å². The lowest BCUT2D eigenvalue weighted by Gasteiger charge is -2.11. The van der Waals surface area contributed by atoms with Gasteiger partial charge < -0.3 is 14.8 Å². The van der Waals surface area contributed by atoms with Crippen molar-refractivity contribution in [3.8, 4) is 11.5 Å². The van der Waals surface area contributed by atoms with Crippen LogP contribution in [0, 0.1) is 13.8 Å². The van der Waals surface area contributed by atoms with Gasteiger partial charge in [-0.15, -0.1) is 5.10 Å². The Morgan fingerprint density at radius 3 is 2.72 bits per heavy atom. The fraction of sp³-hybridized carbons (Fsp3) is 0.368. The molecule has 0 saturated carbocycles. The molecule has 154 valence electrons. The summed E-state index contributed by atoms with van der Waals surface area (Å²) < 4.78 is 36.1. The van der Waals surface area contributed by atoms with Crippen molar-refractivity contribution in [2.24, 2.45) is 0 Å². The van der Waals surface area contributed by atoms with E-state index < -0.39 is 6.61 Å². The highest BCUT2D eigenvalue weighted by Gasteiger charge is 2.13. The highest BCUT2D eigenvalue weighted by molar-refractivity contribution is 5.77. The Kier molecular flexibility index (Phi) is 6.20. The van der Waals surface area contributed by atoms with Gasteiger partial charge in [-0.3, -0.25) is 4.79 Å². The molecule has 0 spiro atoms. The molecule has 2 heterocycles. The molecule has 0 saturated heterocycles. The number of aryl methyl sites for hydroxylation is 2. The number of fused-ring (bicyclic) bond motifs is 1. The lowest BCUT2D eigenvalue weighted by molar-refractivity contribution is -0.120. The maximum Gasteiger partial charge on any atom is 0.387 e. The zero-order valence-corrected chi connectivity index (χ0v) is 16.3. The molecule has 2 aromatic heterocycles. The van der Waals surface area contributed by atoms with E-state index in [9.17, 15) is 13.6 Å². The number of benzene rings is 1. The van der Waals surface area contributed by atoms with E-state index in [1.54, 1.807) is 16.6 Å². The van der Waals surface area contributed by atoms with Crippen LogP contribution in [-0.2, 0) is 17.6 Å². The van der Waals surface area contributed by atoms with E-state index in [2.05, 4.69) is 25.1 Å². The molecule has 1 amide bonds. The number of rotatable bonds is 8. The van der Waals surface area contributed by atoms with Crippen LogP contribution in [0.4, 0.5) is 8.78 Å². The standard InChI is InChI=1S/C19H21F2N5O3/c1-11-8-12(2)26-19(23-11)24-16(25-26)10-17(27)22-7-6-13-4-5-14(28-3)15(9-13)29-18(20)21/h4-5,8-9,18H,6-7,10H2,1-3H3,(H,22,27). The molecule has 1 N–H and O–H groups in total. The van der Waals surface area contributed by atoms with E-state index in [4.69, 9.17) is 4.74 Å². The third kappa shape index (κ3) is 5.15. The molecule has 10 heteroatoms. The molecule has 0 atom stereocenters. The van der Waals surface area contributed by atoms with Gasteiger partial charge in [-0.1, -0.05) is 6.07 Å². The van der Waals surface area contributed by atoms with Gasteiger partial charge in [0, 0.05) is 17.9 Å². The molecule has 0 radical (unpaired) electrons. The van der Waals surface area contributed by atoms with Gasteiger partial charge in [-0.25, -0.2) is 9.50 Å². The zero-order valence-electron chi connectivity index (χ0n) is 16.3. The molecule has 0 fully saturated rings. The highest BCUT2D eigenvalue weighted by Crippen LogP contribution is 2.29. The number of carbonyl (C=O) groups excluding carboxylic acids is 1. The SMILES string of the molecule is COc1ccc(CCNC(=O)Cc2nc3nc(C)cc(C)n3n2)cc1OC(F)F. The number of alkyl halides is 2. The second-order valence-corrected chi connectivity index (χ2v) is 6.42. The minimum absolute atomic E-state index is 0.0181. The fourth-order valence-electron chi connectivity index (χ4n) is 2.90. The summed E-state index contributed by atoms with van der Waals surface area (Å²) >= 11 is 0. The molecular formula is C19H21F2N5O3. The average Bonchev–Trinajstić information content (AvgIpc) is 3.04. The Labute approximate surface area is 165 Å². The van der Waals surface area contributed by atoms with E-state index in [1.807, 2.05) is 19.9 Å². The number of hydrogen-bond donors (Lipinski definition) is 1. The molecule has 3 rings (SSSR count). The van der Waals surface area contributed by atoms with E-state index in [0.29, 0.717) is 24.6 Å². The van der Waals surface area contributed by atoms with Crippen LogP contribution in [-0.4, -0.2) is 45.8 Å². The Balaban J connectivity index is 1.57. The highest BCUT2D eigenvalue weighted by atomic mass is 19.3. The molecule has 0 aliphatic carbocycles. The van der Waals surface area contributed by atoms with Gasteiger partial charge in [0.1, 0.15) is 0 Å². The number of ether oxygens (including phenoxy) is 2. The van der Waals surface area contributed by atoms with Crippen LogP contribution in [0.15, 0.2) is 24.3 Å². The number of aromatic nitrogens is 4. The fourth-order valence-corrected chi connectivity index (χ4v) is 2.90. The molecule has 0 unspecified atom stereocenters. The smallest absolute Gasteiger partial charge is 0.387 e. The lowest BCUT2D eigenvalue weighted by Crippen LogP contribution is -2.27. The lowest BCUT2D eigenvalue weighted by atomic mass is 10.1. The van der Waals surface area contributed by atoms with Gasteiger partial charge >= 0.3 is 6.61 Å². The largest absolute Gasteiger partial charge is 0.493 e. The Bertz CT molecular complexity index is 1020. The van der Waals surface area contributed by atoms with Gasteiger partial charge in [0.05, 0.1) is 13.5 Å². The normalized spacial score (nSPS) is 11.1. The van der Waals surface area contributed by atoms with Gasteiger partial charge in [0.15, 0.2) is 17.3 Å². The first-order chi connectivity index (χ1) is 13.9. The van der Waals surface area contributed by atoms with Crippen LogP contribution in [0.3, 0.4) is 0 Å². The van der Waals surface area contributed by atoms with Crippen molar-refractivity contribution >= 4 is 11.7 Å². The average molecular weight is 405 g/mol. The maximum absolute atomic E-state index is 12.5. The summed E-state index contributed by atoms with van der Waals surface area (Å²) in [6.45, 7) is 1.13. The summed E-state index contributed by atoms with van der Waals surface area (Å²) in [7, 11) is 1.37. The van der Waals surface area contributed by atoms with Crippen LogP contribution < -0.4 is 14.8 Å². The number of carbonyl (C=O) groups is 1. The number of amides is 1. The van der Waals surface area contributed by atoms with Crippen molar-refractivity contribution in [1.82, 2.24) is 24.9 Å². The number of nitrogens with zero attached hydrogens (tertiary/aromatic N) is 4. The molecule has 1 aromatic carbocycles. The number of halogens is 2. The van der Waals surface area contributed by atoms with Gasteiger partial charge in [0.2, 0.25) is 5.91 Å². The van der Waals surface area contributed by atoms with Crippen molar-refractivity contribution < 1.29 is 23.0 Å². The Morgan fingerprint density at radius 1 is 1.21 bits per heavy atom. The van der Waals surface area contributed by atoms with Crippen LogP contribution in [0.1, 0.15) is 22.8 Å². The third-order valence-corrected chi connectivity index (χ3v) is 4.16. The summed E-state index contributed by atoms with van der Waals surface area (Å²) in [5.41, 5.74) is 2.43. The first kappa shape index (κ1) is 20.4. The van der Waals surface area contributed by atoms with Crippen LogP contribution >= 0.6 is 0 Å². The molecule has 29 heavy (non-hydrogen) atoms. The summed E-state index contributed by atoms with van der Waals surface area (Å²) in [6.07, 6.45) is 0.456. The minimum Gasteiger partial charge on any atom is -0.493 e. The van der Waals surface area contributed by atoms with Crippen LogP contribution in [0.25, 0.3) is 5.78 Å². The molecular weight excluding hydrogens is 384 g/mol. The second-order valence-electron chi connectivity index (χ2n) is 6.42. The maximum atomic E-state index is 12.5. The van der Waals surface area contributed by atoms with Crippen LogP contribution in [0.5, 0.6) is 11.5 Å². The quantitative estimate of drug-likeness (QED) is 0.618. The van der Waals surface area contributed by atoms with Crippen molar-refractivity contribution in [3.05, 3.63) is 47.0 Å². The first-order valence-corrected chi connectivity index (χ1v) is 8.94. The van der Waals surface area contributed by atoms with Crippen molar-refractivity contribution in [3.63, 3.8) is 0 Å². The first-order valence-electron chi connectivity index (χ1n) is 8.94. The number of hydrogen-bond acceptors (Lipinski definition) is 6. The van der Waals surface area contributed by atoms with E-state index in [1.165, 1.54) is 13.2 Å². The summed E-state index contributed by atoms with van der Waals surface area (Å²) in [6, 6.07) is 6.63. The number of nitrogens with one attached hydrogen (secondary N) is 1. The Morgan fingerprint density at radius 2 is 2.00 bits per heavy atom.